The number of hydrogen-bond acceptors (Lipinski definition) is 3. The zero-order valence-electron chi connectivity index (χ0n) is 17.7. The smallest absolute Gasteiger partial charge is 0.193 e. The van der Waals surface area contributed by atoms with E-state index < -0.39 is 0 Å². The van der Waals surface area contributed by atoms with E-state index in [1.807, 2.05) is 0 Å². The Labute approximate surface area is 170 Å². The van der Waals surface area contributed by atoms with Gasteiger partial charge in [-0.2, -0.15) is 0 Å². The summed E-state index contributed by atoms with van der Waals surface area (Å²) in [6.45, 7) is 9.73. The molecule has 2 aliphatic rings. The number of aryl methyl sites for hydroxylation is 1. The molecule has 156 valence electrons. The van der Waals surface area contributed by atoms with E-state index in [0.717, 1.165) is 77.5 Å². The Kier molecular flexibility index (Phi) is 8.62. The van der Waals surface area contributed by atoms with Crippen LogP contribution in [0.4, 0.5) is 0 Å². The number of hydrogen-bond donors (Lipinski definition) is 1. The zero-order valence-corrected chi connectivity index (χ0v) is 17.7. The van der Waals surface area contributed by atoms with Gasteiger partial charge in [-0.1, -0.05) is 31.2 Å². The minimum atomic E-state index is 0.323. The van der Waals surface area contributed by atoms with E-state index in [1.54, 1.807) is 0 Å². The lowest BCUT2D eigenvalue weighted by molar-refractivity contribution is -0.0367. The van der Waals surface area contributed by atoms with Crippen LogP contribution in [0.15, 0.2) is 29.3 Å². The molecule has 2 aliphatic heterocycles. The van der Waals surface area contributed by atoms with Crippen molar-refractivity contribution >= 4 is 5.96 Å². The molecule has 2 saturated heterocycles. The number of benzene rings is 1. The fourth-order valence-corrected chi connectivity index (χ4v) is 3.91. The number of nitrogens with one attached hydrogen (secondary N) is 1. The minimum Gasteiger partial charge on any atom is -0.376 e. The third kappa shape index (κ3) is 6.49. The van der Waals surface area contributed by atoms with E-state index in [1.165, 1.54) is 17.5 Å². The maximum Gasteiger partial charge on any atom is 0.193 e. The predicted molar refractivity (Wildman–Crippen MR) is 115 cm³/mol. The van der Waals surface area contributed by atoms with Crippen LogP contribution in [0.3, 0.4) is 0 Å². The average molecular weight is 388 g/mol. The van der Waals surface area contributed by atoms with Crippen molar-refractivity contribution in [1.82, 2.24) is 10.2 Å². The Hall–Kier alpha value is -1.59. The lowest BCUT2D eigenvalue weighted by atomic mass is 10.1. The molecule has 3 rings (SSSR count). The average Bonchev–Trinajstić information content (AvgIpc) is 3.26. The molecule has 1 atom stereocenters. The second kappa shape index (κ2) is 11.4. The number of guanidine groups is 1. The summed E-state index contributed by atoms with van der Waals surface area (Å²) in [6, 6.07) is 8.92. The second-order valence-electron chi connectivity index (χ2n) is 7.81. The van der Waals surface area contributed by atoms with Gasteiger partial charge in [0.15, 0.2) is 5.96 Å². The Morgan fingerprint density at radius 1 is 1.14 bits per heavy atom. The van der Waals surface area contributed by atoms with Crippen molar-refractivity contribution in [2.75, 3.05) is 39.4 Å². The molecular weight excluding hydrogens is 350 g/mol. The van der Waals surface area contributed by atoms with Crippen LogP contribution in [0.25, 0.3) is 0 Å². The molecule has 0 bridgehead atoms. The molecule has 0 aromatic heterocycles. The highest BCUT2D eigenvalue weighted by Crippen LogP contribution is 2.18. The highest BCUT2D eigenvalue weighted by Gasteiger charge is 2.24. The lowest BCUT2D eigenvalue weighted by Gasteiger charge is -2.34. The fourth-order valence-electron chi connectivity index (χ4n) is 3.91. The van der Waals surface area contributed by atoms with Gasteiger partial charge in [0.2, 0.25) is 0 Å². The van der Waals surface area contributed by atoms with Gasteiger partial charge in [0.05, 0.1) is 18.8 Å². The van der Waals surface area contributed by atoms with Crippen molar-refractivity contribution < 1.29 is 9.47 Å². The van der Waals surface area contributed by atoms with Gasteiger partial charge in [-0.25, -0.2) is 0 Å². The van der Waals surface area contributed by atoms with Crippen molar-refractivity contribution in [3.8, 4) is 0 Å². The largest absolute Gasteiger partial charge is 0.376 e. The summed E-state index contributed by atoms with van der Waals surface area (Å²) >= 11 is 0. The van der Waals surface area contributed by atoms with E-state index in [0.29, 0.717) is 12.2 Å². The molecule has 5 nitrogen and oxygen atoms in total. The highest BCUT2D eigenvalue weighted by molar-refractivity contribution is 5.80. The molecule has 2 heterocycles. The van der Waals surface area contributed by atoms with Crippen LogP contribution < -0.4 is 5.32 Å². The van der Waals surface area contributed by atoms with Gasteiger partial charge in [-0.05, 0) is 56.6 Å². The molecule has 0 saturated carbocycles. The predicted octanol–water partition coefficient (Wildman–Crippen LogP) is 3.42. The van der Waals surface area contributed by atoms with Crippen LogP contribution in [0, 0.1) is 0 Å². The first-order valence-electron chi connectivity index (χ1n) is 11.1. The molecule has 1 unspecified atom stereocenters. The minimum absolute atomic E-state index is 0.323. The molecule has 1 aromatic rings. The standard InChI is InChI=1S/C23H37N3O2/c1-3-19-7-9-20(10-8-19)11-14-25-23(24-4-2)26-15-12-21(13-16-26)28-18-22-6-5-17-27-22/h7-10,21-22H,3-6,11-18H2,1-2H3,(H,24,25). The van der Waals surface area contributed by atoms with Crippen molar-refractivity contribution in [3.63, 3.8) is 0 Å². The van der Waals surface area contributed by atoms with Gasteiger partial charge < -0.3 is 19.7 Å². The number of piperidine rings is 1. The van der Waals surface area contributed by atoms with Gasteiger partial charge >= 0.3 is 0 Å². The van der Waals surface area contributed by atoms with Crippen LogP contribution in [-0.4, -0.2) is 62.5 Å². The molecular formula is C23H37N3O2. The van der Waals surface area contributed by atoms with Gasteiger partial charge in [0, 0.05) is 32.8 Å². The zero-order chi connectivity index (χ0) is 19.6. The molecule has 0 radical (unpaired) electrons. The highest BCUT2D eigenvalue weighted by atomic mass is 16.5. The molecule has 0 aliphatic carbocycles. The Bertz CT molecular complexity index is 588. The van der Waals surface area contributed by atoms with Crippen LogP contribution in [0.5, 0.6) is 0 Å². The third-order valence-corrected chi connectivity index (χ3v) is 5.71. The quantitative estimate of drug-likeness (QED) is 0.548. The third-order valence-electron chi connectivity index (χ3n) is 5.71. The van der Waals surface area contributed by atoms with Crippen molar-refractivity contribution in [2.24, 2.45) is 4.99 Å². The maximum atomic E-state index is 6.10. The van der Waals surface area contributed by atoms with Crippen molar-refractivity contribution in [1.29, 1.82) is 0 Å². The first kappa shape index (κ1) is 21.1. The second-order valence-corrected chi connectivity index (χ2v) is 7.81. The molecule has 28 heavy (non-hydrogen) atoms. The van der Waals surface area contributed by atoms with Gasteiger partial charge in [0.25, 0.3) is 0 Å². The molecule has 0 amide bonds. The van der Waals surface area contributed by atoms with Gasteiger partial charge in [-0.15, -0.1) is 0 Å². The first-order chi connectivity index (χ1) is 13.8. The van der Waals surface area contributed by atoms with Crippen LogP contribution in [0.2, 0.25) is 0 Å². The molecule has 1 N–H and O–H groups in total. The molecule has 0 spiro atoms. The van der Waals surface area contributed by atoms with Crippen molar-refractivity contribution in [2.45, 2.75) is 64.6 Å². The summed E-state index contributed by atoms with van der Waals surface area (Å²) in [5.74, 6) is 1.05. The number of nitrogens with zero attached hydrogens (tertiary/aromatic N) is 2. The summed E-state index contributed by atoms with van der Waals surface area (Å²) in [5, 5.41) is 3.46. The van der Waals surface area contributed by atoms with Gasteiger partial charge in [0.1, 0.15) is 0 Å². The van der Waals surface area contributed by atoms with E-state index in [9.17, 15) is 0 Å². The Morgan fingerprint density at radius 2 is 1.89 bits per heavy atom. The summed E-state index contributed by atoms with van der Waals surface area (Å²) in [5.41, 5.74) is 2.75. The number of ether oxygens (including phenoxy) is 2. The summed E-state index contributed by atoms with van der Waals surface area (Å²) in [6.07, 6.45) is 7.22. The molecule has 2 fully saturated rings. The SMILES string of the molecule is CCNC(=NCCc1ccc(CC)cc1)N1CCC(OCC2CCCO2)CC1. The molecule has 1 aromatic carbocycles. The number of aliphatic imine (C=N–C) groups is 1. The Morgan fingerprint density at radius 3 is 2.54 bits per heavy atom. The van der Waals surface area contributed by atoms with E-state index in [4.69, 9.17) is 14.5 Å². The van der Waals surface area contributed by atoms with Crippen LogP contribution >= 0.6 is 0 Å². The summed E-state index contributed by atoms with van der Waals surface area (Å²) in [7, 11) is 0. The maximum absolute atomic E-state index is 6.10. The fraction of sp³-hybridized carbons (Fsp3) is 0.696. The van der Waals surface area contributed by atoms with Crippen molar-refractivity contribution in [3.05, 3.63) is 35.4 Å². The number of likely N-dealkylation sites (tertiary alicyclic amines) is 1. The lowest BCUT2D eigenvalue weighted by Crippen LogP contribution is -2.47. The van der Waals surface area contributed by atoms with Crippen LogP contribution in [-0.2, 0) is 22.3 Å². The topological polar surface area (TPSA) is 46.1 Å². The number of rotatable bonds is 8. The normalized spacial score (nSPS) is 21.3. The Balaban J connectivity index is 1.43. The monoisotopic (exact) mass is 387 g/mol. The van der Waals surface area contributed by atoms with E-state index in [2.05, 4.69) is 48.3 Å². The summed E-state index contributed by atoms with van der Waals surface area (Å²) in [4.78, 5) is 7.26. The van der Waals surface area contributed by atoms with E-state index >= 15 is 0 Å². The molecule has 5 heteroatoms. The van der Waals surface area contributed by atoms with Gasteiger partial charge in [-0.3, -0.25) is 4.99 Å². The summed E-state index contributed by atoms with van der Waals surface area (Å²) < 4.78 is 11.8. The first-order valence-corrected chi connectivity index (χ1v) is 11.1. The van der Waals surface area contributed by atoms with Crippen LogP contribution in [0.1, 0.15) is 50.7 Å². The van der Waals surface area contributed by atoms with E-state index in [-0.39, 0.29) is 0 Å².